The van der Waals surface area contributed by atoms with Gasteiger partial charge in [-0.25, -0.2) is 4.79 Å². The zero-order chi connectivity index (χ0) is 16.8. The van der Waals surface area contributed by atoms with Gasteiger partial charge in [0, 0.05) is 18.3 Å². The molecule has 0 saturated carbocycles. The van der Waals surface area contributed by atoms with Crippen LogP contribution in [0.1, 0.15) is 26.3 Å². The topological polar surface area (TPSA) is 95.5 Å². The van der Waals surface area contributed by atoms with E-state index in [4.69, 9.17) is 5.11 Å². The third-order valence-electron chi connectivity index (χ3n) is 3.23. The maximum Gasteiger partial charge on any atom is 0.335 e. The molecule has 0 aromatic heterocycles. The van der Waals surface area contributed by atoms with Crippen LogP contribution < -0.4 is 10.6 Å². The third-order valence-corrected chi connectivity index (χ3v) is 3.23. The summed E-state index contributed by atoms with van der Waals surface area (Å²) in [7, 11) is 1.52. The van der Waals surface area contributed by atoms with Gasteiger partial charge in [-0.3, -0.25) is 9.59 Å². The molecule has 0 aliphatic rings. The van der Waals surface area contributed by atoms with Crippen molar-refractivity contribution in [2.75, 3.05) is 12.4 Å². The summed E-state index contributed by atoms with van der Waals surface area (Å²) in [5.74, 6) is -1.68. The summed E-state index contributed by atoms with van der Waals surface area (Å²) < 4.78 is 0. The van der Waals surface area contributed by atoms with Gasteiger partial charge in [0.2, 0.25) is 5.91 Å². The summed E-state index contributed by atoms with van der Waals surface area (Å²) in [6, 6.07) is 12.9. The summed E-state index contributed by atoms with van der Waals surface area (Å²) in [6.07, 6.45) is -0.0628. The molecule has 6 nitrogen and oxygen atoms in total. The normalized spacial score (nSPS) is 9.96. The van der Waals surface area contributed by atoms with E-state index in [0.29, 0.717) is 16.8 Å². The van der Waals surface area contributed by atoms with Gasteiger partial charge in [0.25, 0.3) is 5.91 Å². The molecule has 0 unspecified atom stereocenters. The number of amides is 2. The van der Waals surface area contributed by atoms with Gasteiger partial charge in [-0.05, 0) is 29.8 Å². The summed E-state index contributed by atoms with van der Waals surface area (Å²) >= 11 is 0. The molecular formula is C17H16N2O4. The van der Waals surface area contributed by atoms with Crippen molar-refractivity contribution in [2.45, 2.75) is 6.42 Å². The van der Waals surface area contributed by atoms with Crippen LogP contribution in [0.2, 0.25) is 0 Å². The second kappa shape index (κ2) is 7.22. The van der Waals surface area contributed by atoms with Gasteiger partial charge < -0.3 is 15.7 Å². The number of carboxylic acids is 1. The molecule has 0 heterocycles. The lowest BCUT2D eigenvalue weighted by molar-refractivity contribution is -0.115. The highest BCUT2D eigenvalue weighted by Gasteiger charge is 2.13. The van der Waals surface area contributed by atoms with Crippen molar-refractivity contribution >= 4 is 23.5 Å². The maximum absolute atomic E-state index is 12.1. The highest BCUT2D eigenvalue weighted by atomic mass is 16.4. The first-order valence-corrected chi connectivity index (χ1v) is 6.94. The van der Waals surface area contributed by atoms with E-state index in [1.165, 1.54) is 13.1 Å². The second-order valence-corrected chi connectivity index (χ2v) is 4.85. The van der Waals surface area contributed by atoms with Crippen LogP contribution in [-0.2, 0) is 11.2 Å². The molecular weight excluding hydrogens is 296 g/mol. The zero-order valence-electron chi connectivity index (χ0n) is 12.5. The Morgan fingerprint density at radius 1 is 1.04 bits per heavy atom. The van der Waals surface area contributed by atoms with Crippen LogP contribution in [0.4, 0.5) is 5.69 Å². The number of anilines is 1. The molecule has 0 spiro atoms. The summed E-state index contributed by atoms with van der Waals surface area (Å²) in [5.41, 5.74) is 1.43. The van der Waals surface area contributed by atoms with Crippen molar-refractivity contribution in [1.29, 1.82) is 0 Å². The quantitative estimate of drug-likeness (QED) is 0.786. The molecule has 0 atom stereocenters. The fourth-order valence-electron chi connectivity index (χ4n) is 2.14. The molecule has 0 saturated heterocycles. The number of aromatic carboxylic acids is 1. The number of nitrogens with one attached hydrogen (secondary N) is 2. The van der Waals surface area contributed by atoms with Gasteiger partial charge in [-0.2, -0.15) is 0 Å². The van der Waals surface area contributed by atoms with Gasteiger partial charge in [0.15, 0.2) is 0 Å². The van der Waals surface area contributed by atoms with Gasteiger partial charge in [-0.15, -0.1) is 0 Å². The van der Waals surface area contributed by atoms with Crippen LogP contribution in [0.15, 0.2) is 48.5 Å². The van der Waals surface area contributed by atoms with Crippen LogP contribution >= 0.6 is 0 Å². The highest BCUT2D eigenvalue weighted by molar-refractivity contribution is 5.98. The number of carbonyl (C=O) groups is 3. The Morgan fingerprint density at radius 3 is 2.48 bits per heavy atom. The van der Waals surface area contributed by atoms with Crippen LogP contribution in [0.5, 0.6) is 0 Å². The fraction of sp³-hybridized carbons (Fsp3) is 0.118. The smallest absolute Gasteiger partial charge is 0.335 e. The van der Waals surface area contributed by atoms with E-state index in [1.54, 1.807) is 42.5 Å². The first-order chi connectivity index (χ1) is 11.0. The molecule has 6 heteroatoms. The van der Waals surface area contributed by atoms with Crippen LogP contribution in [-0.4, -0.2) is 29.9 Å². The molecule has 2 amide bonds. The Hall–Kier alpha value is -3.15. The largest absolute Gasteiger partial charge is 0.478 e. The van der Waals surface area contributed by atoms with Gasteiger partial charge in [0.1, 0.15) is 0 Å². The highest BCUT2D eigenvalue weighted by Crippen LogP contribution is 2.13. The minimum atomic E-state index is -1.07. The van der Waals surface area contributed by atoms with Gasteiger partial charge in [-0.1, -0.05) is 24.3 Å². The third kappa shape index (κ3) is 4.16. The zero-order valence-corrected chi connectivity index (χ0v) is 12.5. The Kier molecular flexibility index (Phi) is 5.09. The van der Waals surface area contributed by atoms with Crippen LogP contribution in [0.25, 0.3) is 0 Å². The monoisotopic (exact) mass is 312 g/mol. The average molecular weight is 312 g/mol. The van der Waals surface area contributed by atoms with E-state index in [-0.39, 0.29) is 23.8 Å². The van der Waals surface area contributed by atoms with E-state index in [9.17, 15) is 14.4 Å². The molecule has 118 valence electrons. The van der Waals surface area contributed by atoms with E-state index in [0.717, 1.165) is 0 Å². The second-order valence-electron chi connectivity index (χ2n) is 4.85. The lowest BCUT2D eigenvalue weighted by atomic mass is 10.0. The van der Waals surface area contributed by atoms with E-state index in [1.807, 2.05) is 0 Å². The fourth-order valence-corrected chi connectivity index (χ4v) is 2.14. The van der Waals surface area contributed by atoms with Crippen molar-refractivity contribution < 1.29 is 19.5 Å². The van der Waals surface area contributed by atoms with Crippen molar-refractivity contribution in [3.63, 3.8) is 0 Å². The molecule has 0 fully saturated rings. The molecule has 2 aromatic carbocycles. The van der Waals surface area contributed by atoms with Crippen molar-refractivity contribution in [3.8, 4) is 0 Å². The standard InChI is InChI=1S/C17H16N2O4/c1-18-16(21)12-6-4-7-13(9-12)19-15(20)10-11-5-2-3-8-14(11)17(22)23/h2-9H,10H2,1H3,(H,18,21)(H,19,20)(H,22,23). The molecule has 3 N–H and O–H groups in total. The molecule has 23 heavy (non-hydrogen) atoms. The molecule has 0 radical (unpaired) electrons. The first kappa shape index (κ1) is 16.2. The number of rotatable bonds is 5. The summed E-state index contributed by atoms with van der Waals surface area (Å²) in [4.78, 5) is 34.8. The number of hydrogen-bond donors (Lipinski definition) is 3. The van der Waals surface area contributed by atoms with Gasteiger partial charge in [0.05, 0.1) is 12.0 Å². The first-order valence-electron chi connectivity index (χ1n) is 6.94. The lowest BCUT2D eigenvalue weighted by Gasteiger charge is -2.08. The Balaban J connectivity index is 2.12. The molecule has 0 bridgehead atoms. The summed E-state index contributed by atoms with van der Waals surface area (Å²) in [5, 5.41) is 14.3. The minimum absolute atomic E-state index is 0.0628. The Labute approximate surface area is 133 Å². The lowest BCUT2D eigenvalue weighted by Crippen LogP contribution is -2.19. The van der Waals surface area contributed by atoms with Crippen molar-refractivity contribution in [3.05, 3.63) is 65.2 Å². The predicted octanol–water partition coefficient (Wildman–Crippen LogP) is 1.93. The summed E-state index contributed by atoms with van der Waals surface area (Å²) in [6.45, 7) is 0. The maximum atomic E-state index is 12.1. The van der Waals surface area contributed by atoms with Crippen LogP contribution in [0, 0.1) is 0 Å². The average Bonchev–Trinajstić information content (AvgIpc) is 2.54. The van der Waals surface area contributed by atoms with Crippen LogP contribution in [0.3, 0.4) is 0 Å². The Morgan fingerprint density at radius 2 is 1.78 bits per heavy atom. The molecule has 0 aliphatic heterocycles. The molecule has 0 aliphatic carbocycles. The van der Waals surface area contributed by atoms with Gasteiger partial charge >= 0.3 is 5.97 Å². The SMILES string of the molecule is CNC(=O)c1cccc(NC(=O)Cc2ccccc2C(=O)O)c1. The van der Waals surface area contributed by atoms with Crippen molar-refractivity contribution in [1.82, 2.24) is 5.32 Å². The number of benzene rings is 2. The number of carbonyl (C=O) groups excluding carboxylic acids is 2. The Bertz CT molecular complexity index is 756. The van der Waals surface area contributed by atoms with E-state index in [2.05, 4.69) is 10.6 Å². The van der Waals surface area contributed by atoms with E-state index < -0.39 is 5.97 Å². The van der Waals surface area contributed by atoms with E-state index >= 15 is 0 Å². The number of carboxylic acid groups (broad SMARTS) is 1. The molecule has 2 rings (SSSR count). The minimum Gasteiger partial charge on any atom is -0.478 e. The van der Waals surface area contributed by atoms with Crippen molar-refractivity contribution in [2.24, 2.45) is 0 Å². The number of hydrogen-bond acceptors (Lipinski definition) is 3. The predicted molar refractivity (Wildman–Crippen MR) is 85.6 cm³/mol. The molecule has 2 aromatic rings.